The number of hydrogen-bond acceptors (Lipinski definition) is 3. The first-order valence-electron chi connectivity index (χ1n) is 7.14. The zero-order chi connectivity index (χ0) is 16.4. The van der Waals surface area contributed by atoms with E-state index >= 15 is 0 Å². The normalized spacial score (nSPS) is 11.1. The van der Waals surface area contributed by atoms with Gasteiger partial charge in [0.2, 0.25) is 0 Å². The lowest BCUT2D eigenvalue weighted by Gasteiger charge is -2.07. The largest absolute Gasteiger partial charge is 0.351 e. The molecule has 120 valence electrons. The predicted molar refractivity (Wildman–Crippen MR) is 89.1 cm³/mol. The number of amides is 1. The molecule has 0 aliphatic carbocycles. The van der Waals surface area contributed by atoms with Crippen molar-refractivity contribution in [2.24, 2.45) is 0 Å². The second kappa shape index (κ2) is 6.60. The van der Waals surface area contributed by atoms with Crippen LogP contribution in [0, 0.1) is 6.92 Å². The molecule has 6 nitrogen and oxygen atoms in total. The SMILES string of the molecule is Cc1nc2c(Cl)cc(Cl)cn2c1C(=O)NCCCn1ccnc1. The Morgan fingerprint density at radius 2 is 2.22 bits per heavy atom. The summed E-state index contributed by atoms with van der Waals surface area (Å²) in [6.07, 6.45) is 7.82. The van der Waals surface area contributed by atoms with Crippen LogP contribution in [0.5, 0.6) is 0 Å². The Morgan fingerprint density at radius 1 is 1.39 bits per heavy atom. The molecule has 0 aliphatic heterocycles. The summed E-state index contributed by atoms with van der Waals surface area (Å²) in [5.74, 6) is -0.195. The van der Waals surface area contributed by atoms with Crippen molar-refractivity contribution in [2.45, 2.75) is 19.9 Å². The quantitative estimate of drug-likeness (QED) is 0.718. The maximum absolute atomic E-state index is 12.4. The smallest absolute Gasteiger partial charge is 0.270 e. The molecule has 1 amide bonds. The van der Waals surface area contributed by atoms with Crippen molar-refractivity contribution in [1.82, 2.24) is 24.3 Å². The third-order valence-electron chi connectivity index (χ3n) is 3.47. The van der Waals surface area contributed by atoms with E-state index in [2.05, 4.69) is 15.3 Å². The van der Waals surface area contributed by atoms with Gasteiger partial charge in [-0.3, -0.25) is 9.20 Å². The van der Waals surface area contributed by atoms with Crippen LogP contribution in [0.3, 0.4) is 0 Å². The number of nitrogens with zero attached hydrogens (tertiary/aromatic N) is 4. The fourth-order valence-electron chi connectivity index (χ4n) is 2.43. The molecule has 3 aromatic rings. The molecule has 0 unspecified atom stereocenters. The molecule has 0 spiro atoms. The monoisotopic (exact) mass is 351 g/mol. The van der Waals surface area contributed by atoms with Crippen molar-refractivity contribution in [3.8, 4) is 0 Å². The summed E-state index contributed by atoms with van der Waals surface area (Å²) in [5.41, 5.74) is 1.59. The Balaban J connectivity index is 1.72. The van der Waals surface area contributed by atoms with Gasteiger partial charge in [-0.25, -0.2) is 9.97 Å². The number of carbonyl (C=O) groups excluding carboxylic acids is 1. The predicted octanol–water partition coefficient (Wildman–Crippen LogP) is 2.97. The second-order valence-electron chi connectivity index (χ2n) is 5.16. The van der Waals surface area contributed by atoms with Gasteiger partial charge in [0, 0.05) is 31.7 Å². The molecule has 3 rings (SSSR count). The molecule has 8 heteroatoms. The number of hydrogen-bond donors (Lipinski definition) is 1. The molecule has 0 radical (unpaired) electrons. The molecular weight excluding hydrogens is 337 g/mol. The minimum absolute atomic E-state index is 0.195. The van der Waals surface area contributed by atoms with E-state index < -0.39 is 0 Å². The van der Waals surface area contributed by atoms with Crippen molar-refractivity contribution in [3.63, 3.8) is 0 Å². The zero-order valence-electron chi connectivity index (χ0n) is 12.5. The highest BCUT2D eigenvalue weighted by Crippen LogP contribution is 2.24. The fourth-order valence-corrected chi connectivity index (χ4v) is 2.94. The molecule has 0 aromatic carbocycles. The molecule has 3 aromatic heterocycles. The first kappa shape index (κ1) is 15.8. The van der Waals surface area contributed by atoms with Gasteiger partial charge in [0.25, 0.3) is 5.91 Å². The van der Waals surface area contributed by atoms with Gasteiger partial charge in [0.1, 0.15) is 5.69 Å². The summed E-state index contributed by atoms with van der Waals surface area (Å²) in [4.78, 5) is 20.8. The van der Waals surface area contributed by atoms with Gasteiger partial charge >= 0.3 is 0 Å². The number of halogens is 2. The van der Waals surface area contributed by atoms with Gasteiger partial charge in [-0.2, -0.15) is 0 Å². The van der Waals surface area contributed by atoms with Gasteiger partial charge < -0.3 is 9.88 Å². The first-order valence-corrected chi connectivity index (χ1v) is 7.89. The van der Waals surface area contributed by atoms with Crippen molar-refractivity contribution in [1.29, 1.82) is 0 Å². The molecule has 0 fully saturated rings. The number of rotatable bonds is 5. The topological polar surface area (TPSA) is 64.2 Å². The lowest BCUT2D eigenvalue weighted by molar-refractivity contribution is 0.0946. The maximum atomic E-state index is 12.4. The summed E-state index contributed by atoms with van der Waals surface area (Å²) in [6.45, 7) is 3.12. The molecule has 1 N–H and O–H groups in total. The zero-order valence-corrected chi connectivity index (χ0v) is 14.0. The molecular formula is C15H15Cl2N5O. The van der Waals surface area contributed by atoms with Gasteiger partial charge in [-0.1, -0.05) is 23.2 Å². The molecule has 0 aliphatic rings. The molecule has 3 heterocycles. The fraction of sp³-hybridized carbons (Fsp3) is 0.267. The van der Waals surface area contributed by atoms with Gasteiger partial charge in [0.05, 0.1) is 22.1 Å². The highest BCUT2D eigenvalue weighted by Gasteiger charge is 2.18. The molecule has 23 heavy (non-hydrogen) atoms. The van der Waals surface area contributed by atoms with Crippen molar-refractivity contribution < 1.29 is 4.79 Å². The Bertz CT molecular complexity index is 841. The van der Waals surface area contributed by atoms with Crippen LogP contribution in [-0.2, 0) is 6.54 Å². The highest BCUT2D eigenvalue weighted by atomic mass is 35.5. The Labute approximate surface area is 143 Å². The van der Waals surface area contributed by atoms with E-state index in [-0.39, 0.29) is 5.91 Å². The van der Waals surface area contributed by atoms with Crippen molar-refractivity contribution in [3.05, 3.63) is 52.4 Å². The standard InChI is InChI=1S/C15H15Cl2N5O/c1-10-13(22-8-11(16)7-12(17)14(22)20-10)15(23)19-3-2-5-21-6-4-18-9-21/h4,6-9H,2-3,5H2,1H3,(H,19,23). The molecule has 0 saturated heterocycles. The van der Waals surface area contributed by atoms with E-state index in [1.807, 2.05) is 10.8 Å². The van der Waals surface area contributed by atoms with Crippen LogP contribution in [0.2, 0.25) is 10.0 Å². The number of pyridine rings is 1. The first-order chi connectivity index (χ1) is 11.1. The van der Waals surface area contributed by atoms with E-state index in [1.165, 1.54) is 0 Å². The lowest BCUT2D eigenvalue weighted by atomic mass is 10.3. The summed E-state index contributed by atoms with van der Waals surface area (Å²) in [6, 6.07) is 1.61. The average Bonchev–Trinajstić information content (AvgIpc) is 3.11. The van der Waals surface area contributed by atoms with Gasteiger partial charge in [-0.05, 0) is 19.4 Å². The number of aromatic nitrogens is 4. The highest BCUT2D eigenvalue weighted by molar-refractivity contribution is 6.36. The van der Waals surface area contributed by atoms with E-state index in [0.29, 0.717) is 33.6 Å². The number of aryl methyl sites for hydroxylation is 2. The molecule has 0 bridgehead atoms. The summed E-state index contributed by atoms with van der Waals surface area (Å²) < 4.78 is 3.59. The Hall–Kier alpha value is -2.05. The van der Waals surface area contributed by atoms with Crippen molar-refractivity contribution >= 4 is 34.8 Å². The van der Waals surface area contributed by atoms with E-state index in [0.717, 1.165) is 13.0 Å². The number of carbonyl (C=O) groups is 1. The maximum Gasteiger partial charge on any atom is 0.270 e. The number of fused-ring (bicyclic) bond motifs is 1. The van der Waals surface area contributed by atoms with Crippen LogP contribution in [0.4, 0.5) is 0 Å². The summed E-state index contributed by atoms with van der Waals surface area (Å²) >= 11 is 12.1. The summed E-state index contributed by atoms with van der Waals surface area (Å²) in [5, 5.41) is 3.77. The lowest BCUT2D eigenvalue weighted by Crippen LogP contribution is -2.27. The third-order valence-corrected chi connectivity index (χ3v) is 3.95. The third kappa shape index (κ3) is 3.33. The van der Waals surface area contributed by atoms with Crippen molar-refractivity contribution in [2.75, 3.05) is 6.54 Å². The van der Waals surface area contributed by atoms with Gasteiger partial charge in [-0.15, -0.1) is 0 Å². The molecule has 0 atom stereocenters. The van der Waals surface area contributed by atoms with Crippen LogP contribution in [-0.4, -0.2) is 31.4 Å². The van der Waals surface area contributed by atoms with E-state index in [1.54, 1.807) is 36.1 Å². The Kier molecular flexibility index (Phi) is 4.54. The van der Waals surface area contributed by atoms with E-state index in [9.17, 15) is 4.79 Å². The number of imidazole rings is 2. The Morgan fingerprint density at radius 3 is 2.96 bits per heavy atom. The van der Waals surface area contributed by atoms with E-state index in [4.69, 9.17) is 23.2 Å². The second-order valence-corrected chi connectivity index (χ2v) is 6.00. The summed E-state index contributed by atoms with van der Waals surface area (Å²) in [7, 11) is 0. The average molecular weight is 352 g/mol. The van der Waals surface area contributed by atoms with Crippen LogP contribution < -0.4 is 5.32 Å². The molecule has 0 saturated carbocycles. The minimum Gasteiger partial charge on any atom is -0.351 e. The number of nitrogens with one attached hydrogen (secondary N) is 1. The van der Waals surface area contributed by atoms with Crippen LogP contribution >= 0.6 is 23.2 Å². The minimum atomic E-state index is -0.195. The van der Waals surface area contributed by atoms with Crippen LogP contribution in [0.15, 0.2) is 31.0 Å². The van der Waals surface area contributed by atoms with Gasteiger partial charge in [0.15, 0.2) is 5.65 Å². The van der Waals surface area contributed by atoms with Crippen LogP contribution in [0.25, 0.3) is 5.65 Å². The van der Waals surface area contributed by atoms with Crippen LogP contribution in [0.1, 0.15) is 22.6 Å².